The molecule has 0 fully saturated rings. The van der Waals surface area contributed by atoms with Crippen LogP contribution >= 0.6 is 0 Å². The molecule has 2 N–H and O–H groups in total. The molecular weight excluding hydrogens is 260 g/mol. The zero-order valence-corrected chi connectivity index (χ0v) is 14.7. The second-order valence-electron chi connectivity index (χ2n) is 6.30. The predicted molar refractivity (Wildman–Crippen MR) is 92.7 cm³/mol. The number of nitrogens with one attached hydrogen (secondary N) is 2. The first-order valence-corrected chi connectivity index (χ1v) is 9.19. The second-order valence-corrected chi connectivity index (χ2v) is 6.30. The Hall–Kier alpha value is -0.730. The Morgan fingerprint density at radius 1 is 0.810 bits per heavy atom. The topological polar surface area (TPSA) is 41.1 Å². The Balaban J connectivity index is 3.13. The van der Waals surface area contributed by atoms with Gasteiger partial charge in [0.05, 0.1) is 0 Å². The van der Waals surface area contributed by atoms with Crippen LogP contribution in [0.3, 0.4) is 0 Å². The molecule has 0 aromatic rings. The molecule has 0 aromatic carbocycles. The average Bonchev–Trinajstić information content (AvgIpc) is 2.48. The van der Waals surface area contributed by atoms with Crippen molar-refractivity contribution in [2.45, 2.75) is 103 Å². The van der Waals surface area contributed by atoms with Crippen LogP contribution in [0.2, 0.25) is 0 Å². The van der Waals surface area contributed by atoms with Crippen molar-refractivity contribution in [3.05, 3.63) is 0 Å². The Bertz CT molecular complexity index is 231. The van der Waals surface area contributed by atoms with Crippen LogP contribution in [-0.4, -0.2) is 19.1 Å². The van der Waals surface area contributed by atoms with Crippen molar-refractivity contribution in [1.82, 2.24) is 10.6 Å². The van der Waals surface area contributed by atoms with Crippen molar-refractivity contribution in [2.75, 3.05) is 7.05 Å². The van der Waals surface area contributed by atoms with Gasteiger partial charge in [-0.1, -0.05) is 84.0 Å². The van der Waals surface area contributed by atoms with Crippen LogP contribution in [0.25, 0.3) is 0 Å². The molecule has 1 atom stereocenters. The molecule has 0 aliphatic carbocycles. The van der Waals surface area contributed by atoms with Gasteiger partial charge < -0.3 is 10.6 Å². The molecule has 0 heterocycles. The molecule has 1 unspecified atom stereocenters. The highest BCUT2D eigenvalue weighted by atomic mass is 16.2. The van der Waals surface area contributed by atoms with Crippen LogP contribution in [0.4, 0.5) is 4.79 Å². The summed E-state index contributed by atoms with van der Waals surface area (Å²) >= 11 is 0. The van der Waals surface area contributed by atoms with Crippen LogP contribution < -0.4 is 10.6 Å². The minimum absolute atomic E-state index is 0.0681. The summed E-state index contributed by atoms with van der Waals surface area (Å²) in [5.74, 6) is 0. The number of urea groups is 1. The summed E-state index contributed by atoms with van der Waals surface area (Å²) in [6, 6.07) is 0.217. The number of hydrogen-bond donors (Lipinski definition) is 2. The Kier molecular flexibility index (Phi) is 15.1. The number of hydrogen-bond acceptors (Lipinski definition) is 1. The highest BCUT2D eigenvalue weighted by Gasteiger charge is 2.04. The minimum Gasteiger partial charge on any atom is -0.341 e. The lowest BCUT2D eigenvalue weighted by Gasteiger charge is -2.13. The van der Waals surface area contributed by atoms with E-state index in [0.29, 0.717) is 0 Å². The monoisotopic (exact) mass is 298 g/mol. The van der Waals surface area contributed by atoms with Crippen LogP contribution in [0.15, 0.2) is 0 Å². The number of carbonyl (C=O) groups is 1. The molecule has 0 saturated carbocycles. The third kappa shape index (κ3) is 15.5. The van der Waals surface area contributed by atoms with E-state index in [1.54, 1.807) is 7.05 Å². The Morgan fingerprint density at radius 2 is 1.24 bits per heavy atom. The van der Waals surface area contributed by atoms with E-state index in [1.807, 2.05) is 0 Å². The zero-order valence-electron chi connectivity index (χ0n) is 14.7. The first-order chi connectivity index (χ1) is 10.2. The van der Waals surface area contributed by atoms with Gasteiger partial charge >= 0.3 is 6.03 Å². The molecule has 3 nitrogen and oxygen atoms in total. The molecule has 0 aliphatic rings. The lowest BCUT2D eigenvalue weighted by atomic mass is 10.0. The predicted octanol–water partition coefficient (Wildman–Crippen LogP) is 5.40. The molecule has 0 radical (unpaired) electrons. The largest absolute Gasteiger partial charge is 0.341 e. The molecule has 21 heavy (non-hydrogen) atoms. The van der Waals surface area contributed by atoms with Crippen LogP contribution in [0.1, 0.15) is 97.3 Å². The maximum absolute atomic E-state index is 11.1. The van der Waals surface area contributed by atoms with E-state index in [0.717, 1.165) is 6.42 Å². The molecule has 2 amide bonds. The van der Waals surface area contributed by atoms with Crippen molar-refractivity contribution in [2.24, 2.45) is 0 Å². The first-order valence-electron chi connectivity index (χ1n) is 9.19. The molecule has 0 saturated heterocycles. The summed E-state index contributed by atoms with van der Waals surface area (Å²) in [5.41, 5.74) is 0. The third-order valence-corrected chi connectivity index (χ3v) is 4.10. The molecule has 3 heteroatoms. The van der Waals surface area contributed by atoms with Crippen LogP contribution in [0, 0.1) is 0 Å². The second kappa shape index (κ2) is 15.7. The van der Waals surface area contributed by atoms with Gasteiger partial charge in [0.25, 0.3) is 0 Å². The fraction of sp³-hybridized carbons (Fsp3) is 0.944. The van der Waals surface area contributed by atoms with Gasteiger partial charge in [-0.25, -0.2) is 4.79 Å². The van der Waals surface area contributed by atoms with Gasteiger partial charge in [0.2, 0.25) is 0 Å². The summed E-state index contributed by atoms with van der Waals surface area (Å²) in [7, 11) is 1.66. The summed E-state index contributed by atoms with van der Waals surface area (Å²) in [6.45, 7) is 4.35. The van der Waals surface area contributed by atoms with E-state index in [4.69, 9.17) is 0 Å². The first kappa shape index (κ1) is 20.3. The highest BCUT2D eigenvalue weighted by Crippen LogP contribution is 2.12. The molecular formula is C18H38N2O. The molecule has 0 aliphatic heterocycles. The Labute approximate surface area is 132 Å². The Morgan fingerprint density at radius 3 is 1.67 bits per heavy atom. The number of amides is 2. The number of unbranched alkanes of at least 4 members (excludes halogenated alkanes) is 11. The van der Waals surface area contributed by atoms with Gasteiger partial charge in [-0.2, -0.15) is 0 Å². The van der Waals surface area contributed by atoms with Crippen LogP contribution in [0.5, 0.6) is 0 Å². The van der Waals surface area contributed by atoms with Crippen LogP contribution in [-0.2, 0) is 0 Å². The quantitative estimate of drug-likeness (QED) is 0.414. The van der Waals surface area contributed by atoms with Gasteiger partial charge in [0.1, 0.15) is 0 Å². The van der Waals surface area contributed by atoms with E-state index in [1.165, 1.54) is 77.0 Å². The highest BCUT2D eigenvalue weighted by molar-refractivity contribution is 5.73. The molecule has 0 bridgehead atoms. The molecule has 0 aromatic heterocycles. The fourth-order valence-corrected chi connectivity index (χ4v) is 2.66. The maximum Gasteiger partial charge on any atom is 0.314 e. The van der Waals surface area contributed by atoms with Gasteiger partial charge in [0, 0.05) is 13.1 Å². The number of rotatable bonds is 14. The zero-order chi connectivity index (χ0) is 15.8. The molecule has 126 valence electrons. The van der Waals surface area contributed by atoms with E-state index in [-0.39, 0.29) is 12.1 Å². The van der Waals surface area contributed by atoms with E-state index < -0.39 is 0 Å². The smallest absolute Gasteiger partial charge is 0.314 e. The molecule has 0 rings (SSSR count). The summed E-state index contributed by atoms with van der Waals surface area (Å²) < 4.78 is 0. The maximum atomic E-state index is 11.1. The van der Waals surface area contributed by atoms with Gasteiger partial charge in [-0.3, -0.25) is 0 Å². The summed E-state index contributed by atoms with van der Waals surface area (Å²) in [5, 5.41) is 5.51. The minimum atomic E-state index is -0.0681. The van der Waals surface area contributed by atoms with E-state index in [2.05, 4.69) is 24.5 Å². The van der Waals surface area contributed by atoms with Crippen molar-refractivity contribution in [3.8, 4) is 0 Å². The van der Waals surface area contributed by atoms with E-state index >= 15 is 0 Å². The molecule has 0 spiro atoms. The van der Waals surface area contributed by atoms with Crippen molar-refractivity contribution < 1.29 is 4.79 Å². The lowest BCUT2D eigenvalue weighted by Crippen LogP contribution is -2.38. The fourth-order valence-electron chi connectivity index (χ4n) is 2.66. The van der Waals surface area contributed by atoms with E-state index in [9.17, 15) is 4.79 Å². The SMILES string of the molecule is CCCCCCCCCCCCCCC(C)NC(=O)NC. The third-order valence-electron chi connectivity index (χ3n) is 4.10. The lowest BCUT2D eigenvalue weighted by molar-refractivity contribution is 0.239. The average molecular weight is 299 g/mol. The van der Waals surface area contributed by atoms with Crippen molar-refractivity contribution >= 4 is 6.03 Å². The van der Waals surface area contributed by atoms with Gasteiger partial charge in [-0.05, 0) is 13.3 Å². The van der Waals surface area contributed by atoms with Crippen molar-refractivity contribution in [1.29, 1.82) is 0 Å². The van der Waals surface area contributed by atoms with Crippen molar-refractivity contribution in [3.63, 3.8) is 0 Å². The summed E-state index contributed by atoms with van der Waals surface area (Å²) in [4.78, 5) is 11.1. The normalized spacial score (nSPS) is 12.1. The van der Waals surface area contributed by atoms with Gasteiger partial charge in [-0.15, -0.1) is 0 Å². The summed E-state index contributed by atoms with van der Waals surface area (Å²) in [6.07, 6.45) is 17.6. The standard InChI is InChI=1S/C18H38N2O/c1-4-5-6-7-8-9-10-11-12-13-14-15-16-17(2)20-18(21)19-3/h17H,4-16H2,1-3H3,(H2,19,20,21). The number of carbonyl (C=O) groups excluding carboxylic acids is 1. The van der Waals surface area contributed by atoms with Gasteiger partial charge in [0.15, 0.2) is 0 Å².